The molecule has 9 nitrogen and oxygen atoms in total. The number of rotatable bonds is 53. The first kappa shape index (κ1) is 68.0. The predicted molar refractivity (Wildman–Crippen MR) is 300 cm³/mol. The van der Waals surface area contributed by atoms with Crippen molar-refractivity contribution in [2.45, 2.75) is 283 Å². The summed E-state index contributed by atoms with van der Waals surface area (Å²) in [6.07, 6.45) is 61.0. The molecule has 410 valence electrons. The van der Waals surface area contributed by atoms with E-state index in [1.165, 1.54) is 154 Å². The first-order chi connectivity index (χ1) is 33.9. The number of carbonyl (C=O) groups is 2. The molecule has 0 bridgehead atoms. The van der Waals surface area contributed by atoms with Crippen LogP contribution in [-0.4, -0.2) is 74.3 Å². The number of esters is 1. The highest BCUT2D eigenvalue weighted by molar-refractivity contribution is 7.47. The number of nitrogens with one attached hydrogen (secondary N) is 1. The minimum atomic E-state index is -4.44. The number of hydrogen-bond donors (Lipinski definition) is 2. The minimum absolute atomic E-state index is 0.0383. The molecule has 10 heteroatoms. The molecule has 0 saturated carbocycles. The molecule has 0 aromatic carbocycles. The van der Waals surface area contributed by atoms with E-state index in [1.807, 2.05) is 33.3 Å². The summed E-state index contributed by atoms with van der Waals surface area (Å²) in [7, 11) is 1.49. The first-order valence-corrected chi connectivity index (χ1v) is 31.0. The molecule has 0 aliphatic heterocycles. The number of unbranched alkanes of at least 4 members (excludes halogenated alkanes) is 31. The average Bonchev–Trinajstić information content (AvgIpc) is 3.32. The predicted octanol–water partition coefficient (Wildman–Crippen LogP) is 17.7. The van der Waals surface area contributed by atoms with E-state index in [4.69, 9.17) is 13.8 Å². The Morgan fingerprint density at radius 2 is 0.914 bits per heavy atom. The highest BCUT2D eigenvalue weighted by Crippen LogP contribution is 2.43. The van der Waals surface area contributed by atoms with Gasteiger partial charge in [-0.05, 0) is 83.1 Å². The molecule has 1 amide bonds. The second-order valence-electron chi connectivity index (χ2n) is 21.1. The maximum absolute atomic E-state index is 13.5. The maximum atomic E-state index is 13.5. The van der Waals surface area contributed by atoms with Crippen LogP contribution < -0.4 is 5.32 Å². The van der Waals surface area contributed by atoms with Gasteiger partial charge < -0.3 is 19.4 Å². The van der Waals surface area contributed by atoms with Gasteiger partial charge in [0, 0.05) is 12.8 Å². The van der Waals surface area contributed by atoms with Crippen LogP contribution in [0, 0.1) is 0 Å². The lowest BCUT2D eigenvalue weighted by Gasteiger charge is -2.27. The summed E-state index contributed by atoms with van der Waals surface area (Å²) in [4.78, 5) is 37.6. The summed E-state index contributed by atoms with van der Waals surface area (Å²) in [5.41, 5.74) is 0. The summed E-state index contributed by atoms with van der Waals surface area (Å²) in [5, 5.41) is 3.04. The van der Waals surface area contributed by atoms with Crippen LogP contribution in [0.3, 0.4) is 0 Å². The van der Waals surface area contributed by atoms with Crippen LogP contribution in [0.4, 0.5) is 0 Å². The molecular weight excluding hydrogens is 892 g/mol. The number of phosphoric ester groups is 1. The van der Waals surface area contributed by atoms with E-state index in [-0.39, 0.29) is 31.5 Å². The zero-order valence-electron chi connectivity index (χ0n) is 46.8. The van der Waals surface area contributed by atoms with Crippen molar-refractivity contribution >= 4 is 19.7 Å². The molecule has 2 N–H and O–H groups in total. The van der Waals surface area contributed by atoms with Crippen LogP contribution in [0.15, 0.2) is 48.6 Å². The Bertz CT molecular complexity index is 1340. The van der Waals surface area contributed by atoms with Gasteiger partial charge in [0.2, 0.25) is 5.91 Å². The summed E-state index contributed by atoms with van der Waals surface area (Å²) in [6.45, 7) is 6.90. The zero-order valence-corrected chi connectivity index (χ0v) is 47.7. The second kappa shape index (κ2) is 50.5. The van der Waals surface area contributed by atoms with Gasteiger partial charge in [0.05, 0.1) is 33.8 Å². The topological polar surface area (TPSA) is 111 Å². The molecule has 0 rings (SSSR count). The lowest BCUT2D eigenvalue weighted by Crippen LogP contribution is -2.47. The number of amides is 1. The van der Waals surface area contributed by atoms with E-state index in [9.17, 15) is 19.0 Å². The van der Waals surface area contributed by atoms with Crippen molar-refractivity contribution in [3.8, 4) is 0 Å². The largest absolute Gasteiger partial charge is 0.472 e. The molecule has 0 aliphatic carbocycles. The van der Waals surface area contributed by atoms with Crippen molar-refractivity contribution in [3.63, 3.8) is 0 Å². The fourth-order valence-corrected chi connectivity index (χ4v) is 9.18. The van der Waals surface area contributed by atoms with Crippen molar-refractivity contribution in [1.29, 1.82) is 0 Å². The van der Waals surface area contributed by atoms with Crippen LogP contribution in [0.1, 0.15) is 271 Å². The Kier molecular flexibility index (Phi) is 49.0. The molecule has 0 heterocycles. The fourth-order valence-electron chi connectivity index (χ4n) is 8.44. The Labute approximate surface area is 433 Å². The van der Waals surface area contributed by atoms with Crippen molar-refractivity contribution in [3.05, 3.63) is 48.6 Å². The van der Waals surface area contributed by atoms with Gasteiger partial charge in [-0.25, -0.2) is 4.57 Å². The number of hydrogen-bond acceptors (Lipinski definition) is 6. The normalized spacial score (nSPS) is 14.1. The fraction of sp³-hybridized carbons (Fsp3) is 0.833. The van der Waals surface area contributed by atoms with Crippen molar-refractivity contribution < 1.29 is 37.3 Å². The van der Waals surface area contributed by atoms with Crippen LogP contribution in [0.2, 0.25) is 0 Å². The number of allylic oxidation sites excluding steroid dienone is 7. The monoisotopic (exact) mass is 1010 g/mol. The third-order valence-corrected chi connectivity index (χ3v) is 14.0. The highest BCUT2D eigenvalue weighted by Gasteiger charge is 2.30. The van der Waals surface area contributed by atoms with Gasteiger partial charge in [0.25, 0.3) is 0 Å². The molecule has 0 aromatic rings. The van der Waals surface area contributed by atoms with E-state index in [2.05, 4.69) is 62.5 Å². The van der Waals surface area contributed by atoms with Crippen LogP contribution >= 0.6 is 7.82 Å². The molecule has 0 saturated heterocycles. The molecule has 70 heavy (non-hydrogen) atoms. The maximum Gasteiger partial charge on any atom is 0.472 e. The summed E-state index contributed by atoms with van der Waals surface area (Å²) >= 11 is 0. The summed E-state index contributed by atoms with van der Waals surface area (Å²) < 4.78 is 30.6. The lowest BCUT2D eigenvalue weighted by atomic mass is 10.0. The van der Waals surface area contributed by atoms with Crippen molar-refractivity contribution in [2.24, 2.45) is 0 Å². The number of likely N-dealkylation sites (N-methyl/N-ethyl adjacent to an activating group) is 1. The Hall–Kier alpha value is -2.03. The number of nitrogens with zero attached hydrogens (tertiary/aromatic N) is 1. The SMILES string of the molecule is CC/C=C/C/C=C/CCCCCCCCCC(=O)NC(COP(=O)(O)OCC[N+](C)(C)C)C(/C=C/CCCCCCCCCCC)OC(=O)CCCCCCCCCCC/C=C/CCCCCCCC. The number of quaternary nitrogens is 1. The van der Waals surface area contributed by atoms with Gasteiger partial charge in [-0.2, -0.15) is 0 Å². The second-order valence-corrected chi connectivity index (χ2v) is 22.6. The Morgan fingerprint density at radius 1 is 0.514 bits per heavy atom. The smallest absolute Gasteiger partial charge is 0.456 e. The standard InChI is InChI=1S/C60H113N2O7P/c1-7-10-13-16-19-22-25-27-29-30-31-32-33-35-38-41-44-47-50-53-60(64)69-58(51-48-45-42-39-36-24-21-18-15-12-9-3)57(56-68-70(65,66)67-55-54-62(4,5)6)61-59(63)52-49-46-43-40-37-34-28-26-23-20-17-14-11-8-2/h11,14,20,23,27,29,48,51,57-58H,7-10,12-13,15-19,21-22,24-26,28,30-47,49-50,52-56H2,1-6H3,(H-,61,63,65,66)/p+1/b14-11+,23-20+,29-27+,51-48+. The van der Waals surface area contributed by atoms with E-state index in [0.717, 1.165) is 83.5 Å². The molecular formula is C60H114N2O7P+. The summed E-state index contributed by atoms with van der Waals surface area (Å²) in [6, 6.07) is -0.851. The number of phosphoric acid groups is 1. The number of ether oxygens (including phenoxy) is 1. The van der Waals surface area contributed by atoms with E-state index < -0.39 is 20.0 Å². The van der Waals surface area contributed by atoms with E-state index in [1.54, 1.807) is 0 Å². The Morgan fingerprint density at radius 3 is 1.37 bits per heavy atom. The van der Waals surface area contributed by atoms with Gasteiger partial charge in [-0.15, -0.1) is 0 Å². The van der Waals surface area contributed by atoms with Gasteiger partial charge in [0.1, 0.15) is 19.3 Å². The van der Waals surface area contributed by atoms with Gasteiger partial charge in [-0.1, -0.05) is 224 Å². The van der Waals surface area contributed by atoms with Gasteiger partial charge in [0.15, 0.2) is 0 Å². The van der Waals surface area contributed by atoms with Crippen LogP contribution in [0.25, 0.3) is 0 Å². The summed E-state index contributed by atoms with van der Waals surface area (Å²) in [5.74, 6) is -0.513. The van der Waals surface area contributed by atoms with Crippen LogP contribution in [0.5, 0.6) is 0 Å². The number of carbonyl (C=O) groups excluding carboxylic acids is 2. The molecule has 0 fully saturated rings. The quantitative estimate of drug-likeness (QED) is 0.0205. The van der Waals surface area contributed by atoms with E-state index >= 15 is 0 Å². The molecule has 0 radical (unpaired) electrons. The van der Waals surface area contributed by atoms with Gasteiger partial charge >= 0.3 is 13.8 Å². The third kappa shape index (κ3) is 50.9. The van der Waals surface area contributed by atoms with Crippen LogP contribution in [-0.2, 0) is 27.9 Å². The highest BCUT2D eigenvalue weighted by atomic mass is 31.2. The lowest BCUT2D eigenvalue weighted by molar-refractivity contribution is -0.870. The molecule has 0 aliphatic rings. The minimum Gasteiger partial charge on any atom is -0.456 e. The molecule has 0 aromatic heterocycles. The van der Waals surface area contributed by atoms with Crippen molar-refractivity contribution in [1.82, 2.24) is 5.32 Å². The van der Waals surface area contributed by atoms with Crippen molar-refractivity contribution in [2.75, 3.05) is 40.9 Å². The molecule has 0 spiro atoms. The molecule has 3 atom stereocenters. The third-order valence-electron chi connectivity index (χ3n) is 13.0. The molecule has 3 unspecified atom stereocenters. The van der Waals surface area contributed by atoms with Gasteiger partial charge in [-0.3, -0.25) is 18.6 Å². The Balaban J connectivity index is 5.25. The first-order valence-electron chi connectivity index (χ1n) is 29.5. The average molecular weight is 1010 g/mol. The van der Waals surface area contributed by atoms with E-state index in [0.29, 0.717) is 17.4 Å². The zero-order chi connectivity index (χ0) is 51.5.